The number of sulfonamides is 1. The normalized spacial score (nSPS) is 21.9. The minimum atomic E-state index is -3.73. The molecule has 38 heavy (non-hydrogen) atoms. The molecule has 2 aromatic rings. The number of sulfone groups is 1. The summed E-state index contributed by atoms with van der Waals surface area (Å²) < 4.78 is 57.9. The number of nitrogens with zero attached hydrogens (tertiary/aromatic N) is 4. The molecule has 1 atom stereocenters. The quantitative estimate of drug-likeness (QED) is 0.339. The molecule has 1 aromatic carbocycles. The van der Waals surface area contributed by atoms with Crippen molar-refractivity contribution < 1.29 is 31.2 Å². The lowest BCUT2D eigenvalue weighted by molar-refractivity contribution is -0.110. The molecule has 1 N–H and O–H groups in total. The van der Waals surface area contributed by atoms with Crippen molar-refractivity contribution in [2.45, 2.75) is 39.7 Å². The van der Waals surface area contributed by atoms with E-state index in [1.54, 1.807) is 0 Å². The molecule has 3 fully saturated rings. The third-order valence-corrected chi connectivity index (χ3v) is 12.1. The van der Waals surface area contributed by atoms with Gasteiger partial charge in [0.25, 0.3) is 15.9 Å². The highest BCUT2D eigenvalue weighted by atomic mass is 32.2. The molecule has 0 radical (unpaired) electrons. The molecule has 15 heteroatoms. The first-order valence-electron chi connectivity index (χ1n) is 12.3. The molecular formula is C23H29N5O7S3. The topological polar surface area (TPSA) is 148 Å². The number of hydrogen-bond acceptors (Lipinski definition) is 11. The highest BCUT2D eigenvalue weighted by molar-refractivity contribution is 7.92. The maximum absolute atomic E-state index is 13.2. The summed E-state index contributed by atoms with van der Waals surface area (Å²) >= 11 is 0.853. The fourth-order valence-electron chi connectivity index (χ4n) is 4.07. The third kappa shape index (κ3) is 5.92. The molecule has 12 nitrogen and oxygen atoms in total. The maximum Gasteiger partial charge on any atom is 0.280 e. The lowest BCUT2D eigenvalue weighted by atomic mass is 10.1. The Bertz CT molecular complexity index is 1410. The molecule has 5 rings (SSSR count). The van der Waals surface area contributed by atoms with E-state index in [-0.39, 0.29) is 31.3 Å². The average Bonchev–Trinajstić information content (AvgIpc) is 3.44. The molecule has 1 amide bonds. The second-order valence-corrected chi connectivity index (χ2v) is 14.9. The van der Waals surface area contributed by atoms with Crippen LogP contribution in [-0.2, 0) is 34.2 Å². The Hall–Kier alpha value is -2.43. The first-order chi connectivity index (χ1) is 18.1. The van der Waals surface area contributed by atoms with Gasteiger partial charge in [0, 0.05) is 38.2 Å². The molecule has 3 heterocycles. The van der Waals surface area contributed by atoms with E-state index in [9.17, 15) is 21.6 Å². The van der Waals surface area contributed by atoms with Crippen LogP contribution in [0.25, 0.3) is 0 Å². The van der Waals surface area contributed by atoms with Crippen LogP contribution in [0.5, 0.6) is 0 Å². The lowest BCUT2D eigenvalue weighted by Crippen LogP contribution is -2.46. The van der Waals surface area contributed by atoms with Gasteiger partial charge in [0.1, 0.15) is 0 Å². The second-order valence-electron chi connectivity index (χ2n) is 9.45. The van der Waals surface area contributed by atoms with E-state index in [4.69, 9.17) is 9.57 Å². The number of thiazole rings is 1. The Balaban J connectivity index is 1.34. The van der Waals surface area contributed by atoms with Gasteiger partial charge in [-0.05, 0) is 32.0 Å². The van der Waals surface area contributed by atoms with Crippen LogP contribution in [-0.4, -0.2) is 100 Å². The number of rotatable bonds is 9. The van der Waals surface area contributed by atoms with Crippen LogP contribution >= 0.6 is 11.3 Å². The molecular weight excluding hydrogens is 554 g/mol. The molecule has 0 spiro atoms. The zero-order valence-corrected chi connectivity index (χ0v) is 23.2. The molecule has 2 aliphatic heterocycles. The number of aromatic nitrogens is 1. The SMILES string of the molecule is CN1CCN(S(=O)(=O)c2cnc(NC(=O)C(=NO[C@@H]3CCOC3)c3ccc(S(=O)(=O)C4CC4)cc3)s2)CC1. The van der Waals surface area contributed by atoms with Gasteiger partial charge in [-0.3, -0.25) is 10.1 Å². The summed E-state index contributed by atoms with van der Waals surface area (Å²) in [6.07, 6.45) is 2.84. The maximum atomic E-state index is 13.2. The van der Waals surface area contributed by atoms with Gasteiger partial charge >= 0.3 is 0 Å². The molecule has 0 unspecified atom stereocenters. The summed E-state index contributed by atoms with van der Waals surface area (Å²) in [4.78, 5) is 25.1. The predicted molar refractivity (Wildman–Crippen MR) is 140 cm³/mol. The van der Waals surface area contributed by atoms with E-state index in [0.717, 1.165) is 11.3 Å². The first-order valence-corrected chi connectivity index (χ1v) is 16.1. The number of ether oxygens (including phenoxy) is 1. The summed E-state index contributed by atoms with van der Waals surface area (Å²) in [5.41, 5.74) is 0.254. The van der Waals surface area contributed by atoms with Crippen molar-refractivity contribution in [1.82, 2.24) is 14.2 Å². The average molecular weight is 584 g/mol. The minimum Gasteiger partial charge on any atom is -0.389 e. The van der Waals surface area contributed by atoms with Crippen LogP contribution < -0.4 is 5.32 Å². The van der Waals surface area contributed by atoms with Crippen molar-refractivity contribution in [2.75, 3.05) is 51.8 Å². The van der Waals surface area contributed by atoms with Gasteiger partial charge in [0.05, 0.1) is 29.6 Å². The van der Waals surface area contributed by atoms with Crippen molar-refractivity contribution in [3.8, 4) is 0 Å². The number of anilines is 1. The van der Waals surface area contributed by atoms with Crippen molar-refractivity contribution in [1.29, 1.82) is 0 Å². The Labute approximate surface area is 225 Å². The van der Waals surface area contributed by atoms with Crippen LogP contribution in [0.4, 0.5) is 5.13 Å². The Kier molecular flexibility index (Phi) is 7.84. The zero-order chi connectivity index (χ0) is 26.9. The number of amides is 1. The van der Waals surface area contributed by atoms with Gasteiger partial charge in [-0.15, -0.1) is 0 Å². The minimum absolute atomic E-state index is 0.0323. The molecule has 2 saturated heterocycles. The summed E-state index contributed by atoms with van der Waals surface area (Å²) in [5.74, 6) is -0.667. The highest BCUT2D eigenvalue weighted by Crippen LogP contribution is 2.33. The summed E-state index contributed by atoms with van der Waals surface area (Å²) in [7, 11) is -5.18. The zero-order valence-electron chi connectivity index (χ0n) is 20.8. The number of oxime groups is 1. The van der Waals surface area contributed by atoms with Crippen molar-refractivity contribution >= 4 is 47.9 Å². The number of nitrogens with one attached hydrogen (secondary N) is 1. The van der Waals surface area contributed by atoms with Crippen molar-refractivity contribution in [3.05, 3.63) is 36.0 Å². The fourth-order valence-corrected chi connectivity index (χ4v) is 8.33. The van der Waals surface area contributed by atoms with Crippen molar-refractivity contribution in [2.24, 2.45) is 5.16 Å². The van der Waals surface area contributed by atoms with Gasteiger partial charge < -0.3 is 14.5 Å². The number of piperazine rings is 1. The van der Waals surface area contributed by atoms with E-state index in [1.807, 2.05) is 7.05 Å². The second kappa shape index (κ2) is 11.0. The Morgan fingerprint density at radius 2 is 1.82 bits per heavy atom. The van der Waals surface area contributed by atoms with Crippen LogP contribution in [0.3, 0.4) is 0 Å². The van der Waals surface area contributed by atoms with Crippen LogP contribution in [0, 0.1) is 0 Å². The number of benzene rings is 1. The number of carbonyl (C=O) groups is 1. The van der Waals surface area contributed by atoms with Crippen LogP contribution in [0.1, 0.15) is 24.8 Å². The van der Waals surface area contributed by atoms with Gasteiger partial charge in [-0.1, -0.05) is 28.6 Å². The van der Waals surface area contributed by atoms with Gasteiger partial charge in [0.15, 0.2) is 31.0 Å². The van der Waals surface area contributed by atoms with E-state index in [1.165, 1.54) is 34.8 Å². The van der Waals surface area contributed by atoms with E-state index in [0.29, 0.717) is 64.2 Å². The third-order valence-electron chi connectivity index (χ3n) is 6.58. The molecule has 1 saturated carbocycles. The molecule has 1 aromatic heterocycles. The van der Waals surface area contributed by atoms with E-state index >= 15 is 0 Å². The number of carbonyl (C=O) groups excluding carboxylic acids is 1. The largest absolute Gasteiger partial charge is 0.389 e. The fraction of sp³-hybridized carbons (Fsp3) is 0.522. The monoisotopic (exact) mass is 583 g/mol. The molecule has 3 aliphatic rings. The molecule has 1 aliphatic carbocycles. The van der Waals surface area contributed by atoms with E-state index in [2.05, 4.69) is 20.4 Å². The number of likely N-dealkylation sites (N-methyl/N-ethyl adjacent to an activating group) is 1. The van der Waals surface area contributed by atoms with Crippen LogP contribution in [0.15, 0.2) is 44.7 Å². The van der Waals surface area contributed by atoms with Crippen molar-refractivity contribution in [3.63, 3.8) is 0 Å². The van der Waals surface area contributed by atoms with Gasteiger partial charge in [-0.25, -0.2) is 21.8 Å². The summed E-state index contributed by atoms with van der Waals surface area (Å²) in [6.45, 7) is 2.90. The van der Waals surface area contributed by atoms with Crippen LogP contribution in [0.2, 0.25) is 0 Å². The number of hydrogen-bond donors (Lipinski definition) is 1. The standard InChI is InChI=1S/C23H29N5O7S3/c1-27-9-11-28(12-10-27)38(32,33)20-14-24-23(36-20)25-22(29)21(26-35-17-8-13-34-15-17)16-2-4-18(5-3-16)37(30,31)19-6-7-19/h2-5,14,17,19H,6-13,15H2,1H3,(H,24,25,29)/t17-/m1/s1. The highest BCUT2D eigenvalue weighted by Gasteiger charge is 2.37. The Morgan fingerprint density at radius 3 is 2.45 bits per heavy atom. The lowest BCUT2D eigenvalue weighted by Gasteiger charge is -2.30. The van der Waals surface area contributed by atoms with Gasteiger partial charge in [0.2, 0.25) is 0 Å². The summed E-state index contributed by atoms with van der Waals surface area (Å²) in [6, 6.07) is 5.92. The van der Waals surface area contributed by atoms with Gasteiger partial charge in [-0.2, -0.15) is 4.31 Å². The predicted octanol–water partition coefficient (Wildman–Crippen LogP) is 1.16. The first kappa shape index (κ1) is 27.1. The Morgan fingerprint density at radius 1 is 1.11 bits per heavy atom. The smallest absolute Gasteiger partial charge is 0.280 e. The molecule has 206 valence electrons. The van der Waals surface area contributed by atoms with E-state index < -0.39 is 25.8 Å². The summed E-state index contributed by atoms with van der Waals surface area (Å²) in [5, 5.41) is 6.42. The molecule has 0 bridgehead atoms.